The number of sulfonamides is 1. The molecule has 156 valence electrons. The zero-order chi connectivity index (χ0) is 20.6. The fraction of sp³-hybridized carbons (Fsp3) is 0.545. The van der Waals surface area contributed by atoms with E-state index in [9.17, 15) is 18.0 Å². The van der Waals surface area contributed by atoms with E-state index in [1.54, 1.807) is 31.3 Å². The number of hydrogen-bond donors (Lipinski definition) is 0. The number of carbonyl (C=O) groups is 2. The van der Waals surface area contributed by atoms with Crippen molar-refractivity contribution in [3.8, 4) is 0 Å². The number of allylic oxidation sites excluding steroid dienone is 2. The molecule has 2 fully saturated rings. The summed E-state index contributed by atoms with van der Waals surface area (Å²) in [4.78, 5) is 28.3. The molecule has 29 heavy (non-hydrogen) atoms. The van der Waals surface area contributed by atoms with E-state index in [4.69, 9.17) is 0 Å². The lowest BCUT2D eigenvalue weighted by Crippen LogP contribution is -2.45. The largest absolute Gasteiger partial charge is 0.367 e. The van der Waals surface area contributed by atoms with Gasteiger partial charge in [-0.1, -0.05) is 43.5 Å². The molecule has 0 unspecified atom stereocenters. The van der Waals surface area contributed by atoms with Crippen molar-refractivity contribution in [1.82, 2.24) is 9.21 Å². The van der Waals surface area contributed by atoms with E-state index in [1.165, 1.54) is 4.31 Å². The first kappa shape index (κ1) is 20.3. The van der Waals surface area contributed by atoms with E-state index >= 15 is 0 Å². The fourth-order valence-corrected chi connectivity index (χ4v) is 6.47. The Morgan fingerprint density at radius 3 is 2.03 bits per heavy atom. The molecule has 0 bridgehead atoms. The van der Waals surface area contributed by atoms with E-state index in [1.807, 2.05) is 4.90 Å². The Kier molecular flexibility index (Phi) is 5.62. The summed E-state index contributed by atoms with van der Waals surface area (Å²) in [5.41, 5.74) is 0.572. The first-order valence-electron chi connectivity index (χ1n) is 10.6. The molecule has 0 amide bonds. The molecule has 6 nitrogen and oxygen atoms in total. The van der Waals surface area contributed by atoms with Gasteiger partial charge in [-0.2, -0.15) is 4.31 Å². The van der Waals surface area contributed by atoms with Crippen molar-refractivity contribution < 1.29 is 18.0 Å². The first-order valence-corrected chi connectivity index (χ1v) is 12.0. The number of rotatable bonds is 4. The Balaban J connectivity index is 1.85. The van der Waals surface area contributed by atoms with Crippen molar-refractivity contribution in [2.45, 2.75) is 57.4 Å². The lowest BCUT2D eigenvalue weighted by Gasteiger charge is -2.36. The number of nitrogens with zero attached hydrogens (tertiary/aromatic N) is 2. The molecule has 7 heteroatoms. The van der Waals surface area contributed by atoms with Crippen molar-refractivity contribution in [2.24, 2.45) is 0 Å². The third-order valence-electron chi connectivity index (χ3n) is 6.45. The Morgan fingerprint density at radius 2 is 1.41 bits per heavy atom. The van der Waals surface area contributed by atoms with Crippen molar-refractivity contribution >= 4 is 21.6 Å². The van der Waals surface area contributed by atoms with Gasteiger partial charge in [0, 0.05) is 37.3 Å². The van der Waals surface area contributed by atoms with Crippen molar-refractivity contribution in [1.29, 1.82) is 0 Å². The number of hydrogen-bond acceptors (Lipinski definition) is 5. The summed E-state index contributed by atoms with van der Waals surface area (Å²) in [6.07, 6.45) is 7.48. The Hall–Kier alpha value is -1.99. The molecule has 4 rings (SSSR count). The highest BCUT2D eigenvalue weighted by Crippen LogP contribution is 2.35. The molecule has 3 aliphatic rings. The van der Waals surface area contributed by atoms with Crippen LogP contribution in [0.25, 0.3) is 0 Å². The molecular formula is C22H28N2O4S. The van der Waals surface area contributed by atoms with Gasteiger partial charge >= 0.3 is 0 Å². The summed E-state index contributed by atoms with van der Waals surface area (Å²) in [6.45, 7) is 1.20. The monoisotopic (exact) mass is 416 g/mol. The molecule has 0 spiro atoms. The molecule has 1 aromatic rings. The number of carbonyl (C=O) groups excluding carboxylic acids is 2. The van der Waals surface area contributed by atoms with Gasteiger partial charge in [0.25, 0.3) is 0 Å². The van der Waals surface area contributed by atoms with Crippen LogP contribution in [-0.2, 0) is 10.0 Å². The van der Waals surface area contributed by atoms with Gasteiger partial charge in [0.1, 0.15) is 5.70 Å². The van der Waals surface area contributed by atoms with Gasteiger partial charge in [0.15, 0.2) is 4.91 Å². The van der Waals surface area contributed by atoms with E-state index in [0.717, 1.165) is 51.4 Å². The van der Waals surface area contributed by atoms with Gasteiger partial charge in [-0.3, -0.25) is 9.59 Å². The molecule has 1 aliphatic heterocycles. The summed E-state index contributed by atoms with van der Waals surface area (Å²) < 4.78 is 28.7. The van der Waals surface area contributed by atoms with Crippen molar-refractivity contribution in [2.75, 3.05) is 20.1 Å². The molecule has 1 saturated carbocycles. The van der Waals surface area contributed by atoms with Crippen LogP contribution in [0.15, 0.2) is 34.9 Å². The predicted octanol–water partition coefficient (Wildman–Crippen LogP) is 3.36. The molecule has 0 N–H and O–H groups in total. The second-order valence-electron chi connectivity index (χ2n) is 8.24. The molecular weight excluding hydrogens is 388 g/mol. The van der Waals surface area contributed by atoms with Crippen LogP contribution in [0.3, 0.4) is 0 Å². The smallest absolute Gasteiger partial charge is 0.249 e. The second-order valence-corrected chi connectivity index (χ2v) is 10.2. The maximum atomic E-state index is 13.7. The molecule has 1 saturated heterocycles. The summed E-state index contributed by atoms with van der Waals surface area (Å²) in [7, 11) is -2.52. The van der Waals surface area contributed by atoms with Crippen LogP contribution in [0.1, 0.15) is 72.1 Å². The van der Waals surface area contributed by atoms with Crippen LogP contribution in [0.5, 0.6) is 0 Å². The maximum absolute atomic E-state index is 13.7. The Morgan fingerprint density at radius 1 is 0.862 bits per heavy atom. The van der Waals surface area contributed by atoms with E-state index in [-0.39, 0.29) is 28.0 Å². The van der Waals surface area contributed by atoms with E-state index in [2.05, 4.69) is 0 Å². The van der Waals surface area contributed by atoms with Gasteiger partial charge in [-0.15, -0.1) is 0 Å². The van der Waals surface area contributed by atoms with Crippen LogP contribution in [0.4, 0.5) is 0 Å². The fourth-order valence-electron chi connectivity index (χ4n) is 4.77. The van der Waals surface area contributed by atoms with Gasteiger partial charge in [0.2, 0.25) is 21.6 Å². The maximum Gasteiger partial charge on any atom is 0.249 e. The highest BCUT2D eigenvalue weighted by molar-refractivity contribution is 7.94. The Labute approximate surface area is 172 Å². The average Bonchev–Trinajstić information content (AvgIpc) is 2.76. The minimum Gasteiger partial charge on any atom is -0.367 e. The zero-order valence-corrected chi connectivity index (χ0v) is 17.7. The summed E-state index contributed by atoms with van der Waals surface area (Å²) in [5.74, 6) is -0.902. The minimum atomic E-state index is -4.08. The van der Waals surface area contributed by atoms with Crippen LogP contribution in [0.2, 0.25) is 0 Å². The zero-order valence-electron chi connectivity index (χ0n) is 16.9. The highest BCUT2D eigenvalue weighted by atomic mass is 32.2. The average molecular weight is 417 g/mol. The number of likely N-dealkylation sites (tertiary alicyclic amines) is 1. The predicted molar refractivity (Wildman–Crippen MR) is 111 cm³/mol. The van der Waals surface area contributed by atoms with Gasteiger partial charge in [0.05, 0.1) is 0 Å². The van der Waals surface area contributed by atoms with Gasteiger partial charge in [-0.25, -0.2) is 8.42 Å². The number of piperidine rings is 1. The standard InChI is InChI=1S/C22H28N2O4S/c1-23(16-10-4-2-5-11-16)29(27,28)22-19(24-14-8-3-9-15-24)20(25)17-12-6-7-13-18(17)21(22)26/h6-7,12-13,16H,2-5,8-11,14-15H2,1H3. The lowest BCUT2D eigenvalue weighted by molar-refractivity contribution is 0.0938. The minimum absolute atomic E-state index is 0.0797. The van der Waals surface area contributed by atoms with Gasteiger partial charge < -0.3 is 4.90 Å². The summed E-state index contributed by atoms with van der Waals surface area (Å²) >= 11 is 0. The van der Waals surface area contributed by atoms with Gasteiger partial charge in [-0.05, 0) is 32.1 Å². The summed E-state index contributed by atoms with van der Waals surface area (Å²) in [6, 6.07) is 6.44. The number of ketones is 2. The van der Waals surface area contributed by atoms with Crippen LogP contribution >= 0.6 is 0 Å². The third kappa shape index (κ3) is 3.55. The molecule has 1 heterocycles. The Bertz CT molecular complexity index is 955. The van der Waals surface area contributed by atoms with Crippen LogP contribution in [0, 0.1) is 0 Å². The van der Waals surface area contributed by atoms with E-state index < -0.39 is 15.8 Å². The highest BCUT2D eigenvalue weighted by Gasteiger charge is 2.44. The van der Waals surface area contributed by atoms with Crippen LogP contribution < -0.4 is 0 Å². The van der Waals surface area contributed by atoms with E-state index in [0.29, 0.717) is 18.7 Å². The SMILES string of the molecule is CN(C1CCCCC1)S(=O)(=O)C1=C(N2CCCCC2)C(=O)c2ccccc2C1=O. The molecule has 0 aromatic heterocycles. The molecule has 1 aromatic carbocycles. The lowest BCUT2D eigenvalue weighted by atomic mass is 9.91. The van der Waals surface area contributed by atoms with Crippen molar-refractivity contribution in [3.63, 3.8) is 0 Å². The molecule has 2 aliphatic carbocycles. The van der Waals surface area contributed by atoms with Crippen molar-refractivity contribution in [3.05, 3.63) is 46.0 Å². The topological polar surface area (TPSA) is 74.8 Å². The number of Topliss-reactive ketones (excluding diaryl/α,β-unsaturated/α-hetero) is 2. The normalized spacial score (nSPS) is 21.7. The molecule has 0 radical (unpaired) electrons. The molecule has 0 atom stereocenters. The summed E-state index contributed by atoms with van der Waals surface area (Å²) in [5, 5.41) is 0. The number of fused-ring (bicyclic) bond motifs is 1. The quantitative estimate of drug-likeness (QED) is 0.752. The van der Waals surface area contributed by atoms with Crippen LogP contribution in [-0.4, -0.2) is 55.4 Å². The third-order valence-corrected chi connectivity index (χ3v) is 8.40. The number of benzene rings is 1. The first-order chi connectivity index (χ1) is 13.9. The second kappa shape index (κ2) is 8.03.